The normalized spacial score (nSPS) is 14.6. The number of hydrogen-bond acceptors (Lipinski definition) is 8. The minimum Gasteiger partial charge on any atom is -0.450 e. The van der Waals surface area contributed by atoms with Crippen LogP contribution in [0.15, 0.2) is 47.3 Å². The molecule has 0 aliphatic carbocycles. The van der Waals surface area contributed by atoms with Gasteiger partial charge in [-0.3, -0.25) is 5.32 Å². The zero-order valence-corrected chi connectivity index (χ0v) is 18.3. The predicted octanol–water partition coefficient (Wildman–Crippen LogP) is 4.80. The monoisotopic (exact) mass is 476 g/mol. The van der Waals surface area contributed by atoms with Crippen LogP contribution in [0.1, 0.15) is 25.6 Å². The molecule has 3 aromatic rings. The summed E-state index contributed by atoms with van der Waals surface area (Å²) in [5.74, 6) is -0.607. The first kappa shape index (κ1) is 23.3. The topological polar surface area (TPSA) is 105 Å². The molecular formula is C22H23F3N6O3. The summed E-state index contributed by atoms with van der Waals surface area (Å²) in [7, 11) is 0. The van der Waals surface area contributed by atoms with Gasteiger partial charge in [-0.1, -0.05) is 12.1 Å². The number of ether oxygens (including phenoxy) is 1. The number of carbonyl (C=O) groups is 1. The van der Waals surface area contributed by atoms with Crippen molar-refractivity contribution in [2.45, 2.75) is 32.0 Å². The smallest absolute Gasteiger partial charge is 0.450 e. The molecule has 0 radical (unpaired) electrons. The molecule has 3 heterocycles. The minimum absolute atomic E-state index is 0.0925. The average Bonchev–Trinajstić information content (AvgIpc) is 3.28. The maximum absolute atomic E-state index is 12.6. The van der Waals surface area contributed by atoms with Gasteiger partial charge in [-0.2, -0.15) is 13.2 Å². The lowest BCUT2D eigenvalue weighted by Gasteiger charge is -2.33. The van der Waals surface area contributed by atoms with Crippen LogP contribution in [0.4, 0.5) is 35.4 Å². The van der Waals surface area contributed by atoms with E-state index in [0.717, 1.165) is 18.4 Å². The molecule has 1 fully saturated rings. The van der Waals surface area contributed by atoms with Crippen LogP contribution in [-0.2, 0) is 10.9 Å². The molecule has 0 bridgehead atoms. The van der Waals surface area contributed by atoms with Gasteiger partial charge < -0.3 is 19.4 Å². The second kappa shape index (κ2) is 9.98. The summed E-state index contributed by atoms with van der Waals surface area (Å²) in [6.07, 6.45) is 0.386. The van der Waals surface area contributed by atoms with Gasteiger partial charge in [0.1, 0.15) is 0 Å². The largest absolute Gasteiger partial charge is 0.451 e. The molecule has 0 spiro atoms. The molecular weight excluding hydrogens is 453 g/mol. The molecule has 34 heavy (non-hydrogen) atoms. The number of nitrogens with one attached hydrogen (secondary N) is 2. The highest BCUT2D eigenvalue weighted by Gasteiger charge is 2.34. The van der Waals surface area contributed by atoms with Crippen molar-refractivity contribution < 1.29 is 27.1 Å². The van der Waals surface area contributed by atoms with Crippen LogP contribution >= 0.6 is 0 Å². The third-order valence-electron chi connectivity index (χ3n) is 5.25. The average molecular weight is 476 g/mol. The van der Waals surface area contributed by atoms with Crippen molar-refractivity contribution in [2.75, 3.05) is 35.2 Å². The fraction of sp³-hybridized carbons (Fsp3) is 0.364. The first-order valence-electron chi connectivity index (χ1n) is 10.7. The molecule has 12 heteroatoms. The molecule has 1 saturated heterocycles. The van der Waals surface area contributed by atoms with Gasteiger partial charge in [0.25, 0.3) is 6.01 Å². The number of piperidine rings is 1. The highest BCUT2D eigenvalue weighted by molar-refractivity contribution is 5.85. The quantitative estimate of drug-likeness (QED) is 0.523. The first-order chi connectivity index (χ1) is 16.3. The number of amides is 1. The number of anilines is 3. The van der Waals surface area contributed by atoms with E-state index in [4.69, 9.17) is 9.15 Å². The van der Waals surface area contributed by atoms with E-state index in [0.29, 0.717) is 36.2 Å². The second-order valence-electron chi connectivity index (χ2n) is 7.62. The Hall–Kier alpha value is -3.83. The first-order valence-corrected chi connectivity index (χ1v) is 10.7. The van der Waals surface area contributed by atoms with Crippen molar-refractivity contribution in [2.24, 2.45) is 0 Å². The van der Waals surface area contributed by atoms with Crippen molar-refractivity contribution in [3.8, 4) is 11.3 Å². The van der Waals surface area contributed by atoms with E-state index in [2.05, 4.69) is 25.6 Å². The van der Waals surface area contributed by atoms with Crippen LogP contribution in [0.25, 0.3) is 11.3 Å². The van der Waals surface area contributed by atoms with Crippen LogP contribution in [-0.4, -0.2) is 46.8 Å². The molecule has 2 aromatic heterocycles. The second-order valence-corrected chi connectivity index (χ2v) is 7.62. The van der Waals surface area contributed by atoms with E-state index in [1.54, 1.807) is 31.3 Å². The summed E-state index contributed by atoms with van der Waals surface area (Å²) >= 11 is 0. The Labute approximate surface area is 193 Å². The van der Waals surface area contributed by atoms with Gasteiger partial charge in [-0.05, 0) is 31.9 Å². The van der Waals surface area contributed by atoms with Gasteiger partial charge in [-0.15, -0.1) is 0 Å². The number of nitrogens with zero attached hydrogens (tertiary/aromatic N) is 4. The predicted molar refractivity (Wildman–Crippen MR) is 118 cm³/mol. The van der Waals surface area contributed by atoms with Crippen molar-refractivity contribution >= 4 is 23.5 Å². The number of aromatic nitrogens is 3. The fourth-order valence-corrected chi connectivity index (χ4v) is 3.60. The number of carbonyl (C=O) groups excluding carboxylic acids is 1. The van der Waals surface area contributed by atoms with E-state index in [9.17, 15) is 18.0 Å². The van der Waals surface area contributed by atoms with Gasteiger partial charge in [0.05, 0.1) is 30.9 Å². The summed E-state index contributed by atoms with van der Waals surface area (Å²) in [4.78, 5) is 24.7. The van der Waals surface area contributed by atoms with Crippen LogP contribution in [0.3, 0.4) is 0 Å². The minimum atomic E-state index is -4.55. The lowest BCUT2D eigenvalue weighted by molar-refractivity contribution is -0.144. The van der Waals surface area contributed by atoms with Gasteiger partial charge in [0, 0.05) is 30.4 Å². The molecule has 1 amide bonds. The lowest BCUT2D eigenvalue weighted by atomic mass is 10.1. The van der Waals surface area contributed by atoms with E-state index >= 15 is 0 Å². The van der Waals surface area contributed by atoms with Crippen LogP contribution in [0.2, 0.25) is 0 Å². The van der Waals surface area contributed by atoms with E-state index in [-0.39, 0.29) is 12.6 Å². The summed E-state index contributed by atoms with van der Waals surface area (Å²) in [5, 5.41) is 5.91. The van der Waals surface area contributed by atoms with Gasteiger partial charge in [0.15, 0.2) is 5.76 Å². The maximum Gasteiger partial charge on any atom is 0.451 e. The highest BCUT2D eigenvalue weighted by Crippen LogP contribution is 2.29. The molecule has 1 aromatic carbocycles. The molecule has 1 aliphatic heterocycles. The summed E-state index contributed by atoms with van der Waals surface area (Å²) < 4.78 is 48.6. The van der Waals surface area contributed by atoms with Crippen molar-refractivity contribution in [1.29, 1.82) is 0 Å². The van der Waals surface area contributed by atoms with Crippen molar-refractivity contribution in [3.05, 3.63) is 48.7 Å². The van der Waals surface area contributed by atoms with Crippen LogP contribution in [0.5, 0.6) is 0 Å². The van der Waals surface area contributed by atoms with Gasteiger partial charge in [-0.25, -0.2) is 19.7 Å². The van der Waals surface area contributed by atoms with Crippen molar-refractivity contribution in [1.82, 2.24) is 15.0 Å². The molecule has 0 saturated carbocycles. The lowest BCUT2D eigenvalue weighted by Crippen LogP contribution is -2.39. The maximum atomic E-state index is 12.6. The number of oxazole rings is 1. The van der Waals surface area contributed by atoms with Gasteiger partial charge >= 0.3 is 12.3 Å². The van der Waals surface area contributed by atoms with Crippen LogP contribution < -0.4 is 15.5 Å². The molecule has 2 N–H and O–H groups in total. The Morgan fingerprint density at radius 1 is 1.18 bits per heavy atom. The Morgan fingerprint density at radius 2 is 1.91 bits per heavy atom. The fourth-order valence-electron chi connectivity index (χ4n) is 3.60. The molecule has 180 valence electrons. The van der Waals surface area contributed by atoms with E-state index < -0.39 is 18.1 Å². The molecule has 1 aliphatic rings. The summed E-state index contributed by atoms with van der Waals surface area (Å²) in [5.41, 5.74) is 1.87. The van der Waals surface area contributed by atoms with Gasteiger partial charge in [0.2, 0.25) is 5.82 Å². The number of rotatable bonds is 6. The Kier molecular flexibility index (Phi) is 6.85. The van der Waals surface area contributed by atoms with E-state index in [1.807, 2.05) is 11.0 Å². The number of hydrogen-bond donors (Lipinski definition) is 2. The number of alkyl halides is 3. The Morgan fingerprint density at radius 3 is 2.59 bits per heavy atom. The number of benzene rings is 1. The van der Waals surface area contributed by atoms with Crippen molar-refractivity contribution in [3.63, 3.8) is 0 Å². The Balaban J connectivity index is 1.32. The molecule has 4 rings (SSSR count). The third-order valence-corrected chi connectivity index (χ3v) is 5.25. The summed E-state index contributed by atoms with van der Waals surface area (Å²) in [6.45, 7) is 3.26. The molecule has 9 nitrogen and oxygen atoms in total. The van der Waals surface area contributed by atoms with Crippen LogP contribution in [0, 0.1) is 0 Å². The Bertz CT molecular complexity index is 1110. The zero-order valence-electron chi connectivity index (χ0n) is 18.3. The zero-order chi connectivity index (χ0) is 24.1. The third kappa shape index (κ3) is 5.74. The summed E-state index contributed by atoms with van der Waals surface area (Å²) in [6, 6.07) is 7.58. The number of halogens is 3. The molecule has 0 unspecified atom stereocenters. The molecule has 0 atom stereocenters. The highest BCUT2D eigenvalue weighted by atomic mass is 19.4. The van der Waals surface area contributed by atoms with E-state index in [1.165, 1.54) is 12.4 Å². The standard InChI is InChI=1S/C22H23F3N6O3/c1-2-33-21(32)30-16-5-3-4-14(10-16)18-13-28-20(34-18)29-15-6-8-31(9-7-15)17-11-26-19(27-12-17)22(23,24)25/h3-5,10-13,15H,2,6-9H2,1H3,(H,28,29)(H,30,32). The SMILES string of the molecule is CCOC(=O)Nc1cccc(-c2cnc(NC3CCN(c4cnc(C(F)(F)F)nc4)CC3)o2)c1.